The summed E-state index contributed by atoms with van der Waals surface area (Å²) in [6.45, 7) is 2.58. The number of nitrogens with two attached hydrogens (primary N) is 1. The average Bonchev–Trinajstić information content (AvgIpc) is 2.74. The average molecular weight is 360 g/mol. The molecule has 0 amide bonds. The van der Waals surface area contributed by atoms with Gasteiger partial charge in [-0.25, -0.2) is 8.42 Å². The first-order valence-electron chi connectivity index (χ1n) is 5.89. The van der Waals surface area contributed by atoms with Crippen molar-refractivity contribution in [2.75, 3.05) is 10.5 Å². The Morgan fingerprint density at radius 2 is 2.25 bits per heavy atom. The zero-order valence-electron chi connectivity index (χ0n) is 10.7. The molecule has 0 saturated heterocycles. The van der Waals surface area contributed by atoms with E-state index >= 15 is 0 Å². The highest BCUT2D eigenvalue weighted by atomic mass is 79.9. The Labute approximate surface area is 125 Å². The minimum Gasteiger partial charge on any atom is -0.381 e. The number of hydrogen-bond donors (Lipinski definition) is 2. The van der Waals surface area contributed by atoms with E-state index in [-0.39, 0.29) is 10.7 Å². The third-order valence-corrected chi connectivity index (χ3v) is 4.53. The van der Waals surface area contributed by atoms with E-state index in [9.17, 15) is 8.42 Å². The molecule has 0 radical (unpaired) electrons. The number of rotatable bonds is 5. The Kier molecular flexibility index (Phi) is 4.29. The van der Waals surface area contributed by atoms with Crippen molar-refractivity contribution in [2.45, 2.75) is 24.8 Å². The lowest BCUT2D eigenvalue weighted by Crippen LogP contribution is -2.14. The topological polar surface area (TPSA) is 103 Å². The van der Waals surface area contributed by atoms with Crippen LogP contribution in [0.2, 0.25) is 0 Å². The number of nitrogens with one attached hydrogen (secondary N) is 1. The van der Waals surface area contributed by atoms with E-state index in [1.807, 2.05) is 6.92 Å². The number of pyridine rings is 1. The molecule has 0 spiro atoms. The molecule has 3 N–H and O–H groups in total. The zero-order chi connectivity index (χ0) is 14.8. The molecule has 0 aromatic carbocycles. The van der Waals surface area contributed by atoms with E-state index in [1.54, 1.807) is 6.07 Å². The molecule has 108 valence electrons. The van der Waals surface area contributed by atoms with Crippen molar-refractivity contribution >= 4 is 37.5 Å². The summed E-state index contributed by atoms with van der Waals surface area (Å²) in [5, 5.41) is 3.98. The van der Waals surface area contributed by atoms with Crippen molar-refractivity contribution in [2.24, 2.45) is 0 Å². The highest BCUT2D eigenvalue weighted by molar-refractivity contribution is 9.10. The second-order valence-electron chi connectivity index (χ2n) is 4.10. The minimum atomic E-state index is -3.78. The summed E-state index contributed by atoms with van der Waals surface area (Å²) in [6, 6.07) is 1.55. The molecule has 9 heteroatoms. The maximum atomic E-state index is 12.3. The fourth-order valence-corrected chi connectivity index (χ4v) is 3.26. The van der Waals surface area contributed by atoms with Crippen LogP contribution in [0.1, 0.15) is 13.3 Å². The van der Waals surface area contributed by atoms with Gasteiger partial charge in [0.25, 0.3) is 10.0 Å². The van der Waals surface area contributed by atoms with Crippen LogP contribution in [-0.4, -0.2) is 23.2 Å². The highest BCUT2D eigenvalue weighted by Gasteiger charge is 2.22. The van der Waals surface area contributed by atoms with E-state index in [0.29, 0.717) is 16.7 Å². The van der Waals surface area contributed by atoms with Crippen LogP contribution in [0.4, 0.5) is 11.5 Å². The number of nitrogens with zero attached hydrogens (tertiary/aromatic N) is 3. The Morgan fingerprint density at radius 3 is 2.90 bits per heavy atom. The number of nitrogen functional groups attached to an aromatic ring is 1. The molecular weight excluding hydrogens is 346 g/mol. The van der Waals surface area contributed by atoms with Crippen LogP contribution in [0, 0.1) is 0 Å². The highest BCUT2D eigenvalue weighted by Crippen LogP contribution is 2.25. The maximum absolute atomic E-state index is 12.3. The van der Waals surface area contributed by atoms with Crippen molar-refractivity contribution in [3.8, 4) is 0 Å². The Balaban J connectivity index is 2.33. The molecule has 0 aliphatic heterocycles. The van der Waals surface area contributed by atoms with Gasteiger partial charge >= 0.3 is 0 Å². The summed E-state index contributed by atoms with van der Waals surface area (Å²) in [4.78, 5) is 3.84. The number of aromatic nitrogens is 3. The lowest BCUT2D eigenvalue weighted by Gasteiger charge is -2.07. The maximum Gasteiger partial charge on any atom is 0.267 e. The van der Waals surface area contributed by atoms with Crippen LogP contribution in [-0.2, 0) is 16.6 Å². The molecule has 2 aromatic rings. The third kappa shape index (κ3) is 3.10. The van der Waals surface area contributed by atoms with Gasteiger partial charge in [-0.1, -0.05) is 6.92 Å². The molecule has 0 atom stereocenters. The molecule has 20 heavy (non-hydrogen) atoms. The quantitative estimate of drug-likeness (QED) is 0.847. The normalized spacial score (nSPS) is 11.5. The summed E-state index contributed by atoms with van der Waals surface area (Å²) in [6.07, 6.45) is 5.26. The number of sulfonamides is 1. The van der Waals surface area contributed by atoms with Gasteiger partial charge in [-0.05, 0) is 28.4 Å². The predicted octanol–water partition coefficient (Wildman–Crippen LogP) is 1.83. The van der Waals surface area contributed by atoms with Crippen molar-refractivity contribution < 1.29 is 8.42 Å². The van der Waals surface area contributed by atoms with Gasteiger partial charge in [0.15, 0.2) is 5.82 Å². The molecule has 7 nitrogen and oxygen atoms in total. The zero-order valence-corrected chi connectivity index (χ0v) is 13.1. The Morgan fingerprint density at radius 1 is 1.50 bits per heavy atom. The second kappa shape index (κ2) is 5.80. The van der Waals surface area contributed by atoms with Crippen LogP contribution < -0.4 is 10.5 Å². The summed E-state index contributed by atoms with van der Waals surface area (Å²) in [5.74, 6) is -0.0175. The summed E-state index contributed by atoms with van der Waals surface area (Å²) in [7, 11) is -3.78. The van der Waals surface area contributed by atoms with E-state index in [1.165, 1.54) is 23.3 Å². The molecule has 0 bridgehead atoms. The van der Waals surface area contributed by atoms with Crippen LogP contribution in [0.15, 0.2) is 34.0 Å². The molecule has 0 unspecified atom stereocenters. The standard InChI is InChI=1S/C11H14BrN5O2S/c1-2-5-17-7-10(11(13)15-17)20(18,19)16-9-3-4-14-6-8(9)12/h3-4,6-7H,2,5H2,1H3,(H2,13,15)(H,14,16). The fraction of sp³-hybridized carbons (Fsp3) is 0.273. The van der Waals surface area contributed by atoms with Gasteiger partial charge in [0.05, 0.1) is 10.2 Å². The number of anilines is 2. The Bertz CT molecular complexity index is 713. The largest absolute Gasteiger partial charge is 0.381 e. The van der Waals surface area contributed by atoms with Crippen LogP contribution in [0.5, 0.6) is 0 Å². The second-order valence-corrected chi connectivity index (χ2v) is 6.61. The smallest absolute Gasteiger partial charge is 0.267 e. The first-order valence-corrected chi connectivity index (χ1v) is 8.17. The van der Waals surface area contributed by atoms with E-state index in [2.05, 4.69) is 30.7 Å². The summed E-state index contributed by atoms with van der Waals surface area (Å²) in [5.41, 5.74) is 6.07. The monoisotopic (exact) mass is 359 g/mol. The molecule has 0 aliphatic carbocycles. The first kappa shape index (κ1) is 14.8. The molecule has 2 aromatic heterocycles. The van der Waals surface area contributed by atoms with Gasteiger partial charge in [0.2, 0.25) is 0 Å². The van der Waals surface area contributed by atoms with Crippen LogP contribution in [0.25, 0.3) is 0 Å². The van der Waals surface area contributed by atoms with Gasteiger partial charge in [0, 0.05) is 25.1 Å². The lowest BCUT2D eigenvalue weighted by atomic mass is 10.4. The molecule has 0 aliphatic rings. The third-order valence-electron chi connectivity index (χ3n) is 2.51. The van der Waals surface area contributed by atoms with Crippen molar-refractivity contribution in [3.63, 3.8) is 0 Å². The molecule has 0 fully saturated rings. The molecule has 2 heterocycles. The lowest BCUT2D eigenvalue weighted by molar-refractivity contribution is 0.595. The van der Waals surface area contributed by atoms with Gasteiger partial charge in [-0.3, -0.25) is 14.4 Å². The van der Waals surface area contributed by atoms with Crippen molar-refractivity contribution in [3.05, 3.63) is 29.1 Å². The minimum absolute atomic E-state index is 0.0175. The SMILES string of the molecule is CCCn1cc(S(=O)(=O)Nc2ccncc2Br)c(N)n1. The van der Waals surface area contributed by atoms with Gasteiger partial charge in [-0.15, -0.1) is 0 Å². The van der Waals surface area contributed by atoms with Crippen molar-refractivity contribution in [1.82, 2.24) is 14.8 Å². The first-order chi connectivity index (χ1) is 9.44. The van der Waals surface area contributed by atoms with Crippen LogP contribution in [0.3, 0.4) is 0 Å². The van der Waals surface area contributed by atoms with Gasteiger partial charge in [-0.2, -0.15) is 5.10 Å². The molecular formula is C11H14BrN5O2S. The number of hydrogen-bond acceptors (Lipinski definition) is 5. The van der Waals surface area contributed by atoms with E-state index < -0.39 is 10.0 Å². The van der Waals surface area contributed by atoms with Gasteiger partial charge in [0.1, 0.15) is 4.90 Å². The van der Waals surface area contributed by atoms with E-state index in [0.717, 1.165) is 6.42 Å². The van der Waals surface area contributed by atoms with Gasteiger partial charge < -0.3 is 5.73 Å². The fourth-order valence-electron chi connectivity index (χ4n) is 1.63. The summed E-state index contributed by atoms with van der Waals surface area (Å²) >= 11 is 3.23. The van der Waals surface area contributed by atoms with Crippen molar-refractivity contribution in [1.29, 1.82) is 0 Å². The molecule has 0 saturated carbocycles. The Hall–Kier alpha value is -1.61. The molecule has 2 rings (SSSR count). The number of halogens is 1. The van der Waals surface area contributed by atoms with Crippen LogP contribution >= 0.6 is 15.9 Å². The van der Waals surface area contributed by atoms with E-state index in [4.69, 9.17) is 5.73 Å². The number of aryl methyl sites for hydroxylation is 1. The summed E-state index contributed by atoms with van der Waals surface area (Å²) < 4.78 is 29.1. The predicted molar refractivity (Wildman–Crippen MR) is 79.7 cm³/mol.